The molecule has 2 unspecified atom stereocenters. The number of carbonyl (C=O) groups is 1. The van der Waals surface area contributed by atoms with E-state index in [2.05, 4.69) is 0 Å². The molecule has 0 spiro atoms. The Balaban J connectivity index is 1.32. The van der Waals surface area contributed by atoms with Crippen molar-refractivity contribution in [1.82, 2.24) is 4.90 Å². The van der Waals surface area contributed by atoms with Crippen LogP contribution in [0, 0.1) is 0 Å². The maximum Gasteiger partial charge on any atom is 0.410 e. The Morgan fingerprint density at radius 3 is 2.47 bits per heavy atom. The molecule has 6 nitrogen and oxygen atoms in total. The average Bonchev–Trinajstić information content (AvgIpc) is 2.77. The van der Waals surface area contributed by atoms with Crippen LogP contribution in [0.5, 0.6) is 11.5 Å². The van der Waals surface area contributed by atoms with Gasteiger partial charge in [-0.05, 0) is 42.5 Å². The maximum absolute atomic E-state index is 12.9. The van der Waals surface area contributed by atoms with E-state index in [1.165, 1.54) is 0 Å². The molecular formula is C24H27NO5. The monoisotopic (exact) mass is 409 g/mol. The summed E-state index contributed by atoms with van der Waals surface area (Å²) in [5.74, 6) is 1.40. The van der Waals surface area contributed by atoms with Crippen molar-refractivity contribution < 1.29 is 24.1 Å². The van der Waals surface area contributed by atoms with Gasteiger partial charge in [-0.25, -0.2) is 4.79 Å². The van der Waals surface area contributed by atoms with Crippen LogP contribution < -0.4 is 9.47 Å². The Morgan fingerprint density at radius 2 is 1.73 bits per heavy atom. The van der Waals surface area contributed by atoms with E-state index in [9.17, 15) is 9.90 Å². The van der Waals surface area contributed by atoms with Crippen molar-refractivity contribution in [3.8, 4) is 11.5 Å². The zero-order valence-corrected chi connectivity index (χ0v) is 17.0. The lowest BCUT2D eigenvalue weighted by Crippen LogP contribution is -2.58. The fourth-order valence-electron chi connectivity index (χ4n) is 5.09. The molecule has 2 fully saturated rings. The van der Waals surface area contributed by atoms with Crippen LogP contribution >= 0.6 is 0 Å². The van der Waals surface area contributed by atoms with Gasteiger partial charge in [0.2, 0.25) is 0 Å². The van der Waals surface area contributed by atoms with E-state index in [4.69, 9.17) is 14.2 Å². The second kappa shape index (κ2) is 7.84. The van der Waals surface area contributed by atoms with Gasteiger partial charge in [0.05, 0.1) is 5.60 Å². The van der Waals surface area contributed by atoms with Crippen molar-refractivity contribution in [2.45, 2.75) is 56.4 Å². The SMILES string of the molecule is O=C(OCc1ccccc1)N1C2CCCC1CC(O)(c1ccc3c(c1)OCCO3)C2. The average molecular weight is 409 g/mol. The van der Waals surface area contributed by atoms with Crippen LogP contribution in [-0.2, 0) is 16.9 Å². The number of nitrogens with zero attached hydrogens (tertiary/aromatic N) is 1. The Bertz CT molecular complexity index is 901. The summed E-state index contributed by atoms with van der Waals surface area (Å²) in [6, 6.07) is 15.4. The number of piperidine rings is 2. The first-order valence-electron chi connectivity index (χ1n) is 10.7. The van der Waals surface area contributed by atoms with Crippen molar-refractivity contribution in [2.75, 3.05) is 13.2 Å². The predicted octanol–water partition coefficient (Wildman–Crippen LogP) is 4.00. The Labute approximate surface area is 176 Å². The van der Waals surface area contributed by atoms with Gasteiger partial charge in [-0.1, -0.05) is 36.4 Å². The van der Waals surface area contributed by atoms with Gasteiger partial charge >= 0.3 is 6.09 Å². The van der Waals surface area contributed by atoms with Gasteiger partial charge in [0.25, 0.3) is 0 Å². The zero-order valence-electron chi connectivity index (χ0n) is 17.0. The van der Waals surface area contributed by atoms with Crippen molar-refractivity contribution in [3.05, 3.63) is 59.7 Å². The van der Waals surface area contributed by atoms with Gasteiger partial charge in [0.1, 0.15) is 19.8 Å². The maximum atomic E-state index is 12.9. The molecule has 5 rings (SSSR count). The van der Waals surface area contributed by atoms with Crippen LogP contribution in [0.1, 0.15) is 43.2 Å². The Hall–Kier alpha value is -2.73. The molecule has 0 aliphatic carbocycles. The van der Waals surface area contributed by atoms with Gasteiger partial charge in [-0.2, -0.15) is 0 Å². The molecule has 2 aromatic carbocycles. The van der Waals surface area contributed by atoms with E-state index in [1.807, 2.05) is 53.4 Å². The van der Waals surface area contributed by atoms with Gasteiger partial charge in [-0.3, -0.25) is 0 Å². The van der Waals surface area contributed by atoms with Gasteiger partial charge in [0.15, 0.2) is 11.5 Å². The second-order valence-electron chi connectivity index (χ2n) is 8.48. The molecule has 30 heavy (non-hydrogen) atoms. The molecule has 3 heterocycles. The van der Waals surface area contributed by atoms with Gasteiger partial charge in [-0.15, -0.1) is 0 Å². The summed E-state index contributed by atoms with van der Waals surface area (Å²) in [6.45, 7) is 1.32. The first-order valence-corrected chi connectivity index (χ1v) is 10.7. The van der Waals surface area contributed by atoms with E-state index in [-0.39, 0.29) is 24.8 Å². The van der Waals surface area contributed by atoms with Crippen LogP contribution in [0.15, 0.2) is 48.5 Å². The Kier molecular flexibility index (Phi) is 5.03. The highest BCUT2D eigenvalue weighted by molar-refractivity contribution is 5.69. The molecule has 3 aliphatic rings. The topological polar surface area (TPSA) is 68.2 Å². The number of carbonyl (C=O) groups excluding carboxylic acids is 1. The van der Waals surface area contributed by atoms with E-state index in [0.717, 1.165) is 36.1 Å². The number of fused-ring (bicyclic) bond motifs is 3. The molecule has 158 valence electrons. The minimum Gasteiger partial charge on any atom is -0.486 e. The minimum absolute atomic E-state index is 0.0287. The third-order valence-corrected chi connectivity index (χ3v) is 6.50. The lowest BCUT2D eigenvalue weighted by atomic mass is 9.72. The second-order valence-corrected chi connectivity index (χ2v) is 8.48. The molecule has 2 bridgehead atoms. The Morgan fingerprint density at radius 1 is 1.03 bits per heavy atom. The molecule has 0 aromatic heterocycles. The zero-order chi connectivity index (χ0) is 20.6. The third-order valence-electron chi connectivity index (χ3n) is 6.50. The van der Waals surface area contributed by atoms with E-state index in [0.29, 0.717) is 31.8 Å². The summed E-state index contributed by atoms with van der Waals surface area (Å²) in [4.78, 5) is 14.8. The van der Waals surface area contributed by atoms with Crippen LogP contribution in [0.3, 0.4) is 0 Å². The number of benzene rings is 2. The van der Waals surface area contributed by atoms with Crippen molar-refractivity contribution >= 4 is 6.09 Å². The molecule has 1 N–H and O–H groups in total. The highest BCUT2D eigenvalue weighted by Crippen LogP contribution is 2.46. The first-order chi connectivity index (χ1) is 14.6. The normalized spacial score (nSPS) is 27.4. The number of rotatable bonds is 3. The molecule has 1 amide bonds. The number of hydrogen-bond acceptors (Lipinski definition) is 5. The van der Waals surface area contributed by atoms with Crippen LogP contribution in [-0.4, -0.2) is 41.4 Å². The van der Waals surface area contributed by atoms with Crippen molar-refractivity contribution in [1.29, 1.82) is 0 Å². The smallest absolute Gasteiger partial charge is 0.410 e. The number of ether oxygens (including phenoxy) is 3. The number of hydrogen-bond donors (Lipinski definition) is 1. The molecule has 2 atom stereocenters. The van der Waals surface area contributed by atoms with Gasteiger partial charge < -0.3 is 24.2 Å². The molecule has 0 radical (unpaired) electrons. The summed E-state index contributed by atoms with van der Waals surface area (Å²) in [5.41, 5.74) is 0.823. The fraction of sp³-hybridized carbons (Fsp3) is 0.458. The number of amides is 1. The largest absolute Gasteiger partial charge is 0.486 e. The predicted molar refractivity (Wildman–Crippen MR) is 110 cm³/mol. The molecule has 2 aromatic rings. The van der Waals surface area contributed by atoms with Crippen LogP contribution in [0.4, 0.5) is 4.79 Å². The highest BCUT2D eigenvalue weighted by atomic mass is 16.6. The molecule has 3 aliphatic heterocycles. The third kappa shape index (κ3) is 3.60. The summed E-state index contributed by atoms with van der Waals surface area (Å²) in [6.07, 6.45) is 3.55. The lowest BCUT2D eigenvalue weighted by molar-refractivity contribution is -0.0897. The van der Waals surface area contributed by atoms with Crippen LogP contribution in [0.2, 0.25) is 0 Å². The van der Waals surface area contributed by atoms with Crippen molar-refractivity contribution in [2.24, 2.45) is 0 Å². The molecule has 2 saturated heterocycles. The molecular weight excluding hydrogens is 382 g/mol. The first kappa shape index (κ1) is 19.2. The summed E-state index contributed by atoms with van der Waals surface area (Å²) >= 11 is 0. The number of aliphatic hydroxyl groups is 1. The molecule has 0 saturated carbocycles. The van der Waals surface area contributed by atoms with Gasteiger partial charge in [0, 0.05) is 24.9 Å². The quantitative estimate of drug-likeness (QED) is 0.830. The lowest BCUT2D eigenvalue weighted by Gasteiger charge is -2.51. The van der Waals surface area contributed by atoms with E-state index in [1.54, 1.807) is 0 Å². The fourth-order valence-corrected chi connectivity index (χ4v) is 5.09. The molecule has 6 heteroatoms. The van der Waals surface area contributed by atoms with Crippen LogP contribution in [0.25, 0.3) is 0 Å². The standard InChI is InChI=1S/C24H27NO5/c26-23(30-16-17-5-2-1-3-6-17)25-19-7-4-8-20(25)15-24(27,14-19)18-9-10-21-22(13-18)29-12-11-28-21/h1-3,5-6,9-10,13,19-20,27H,4,7-8,11-12,14-16H2. The summed E-state index contributed by atoms with van der Waals surface area (Å²) in [7, 11) is 0. The summed E-state index contributed by atoms with van der Waals surface area (Å²) < 4.78 is 16.9. The summed E-state index contributed by atoms with van der Waals surface area (Å²) in [5, 5.41) is 11.6. The van der Waals surface area contributed by atoms with E-state index >= 15 is 0 Å². The van der Waals surface area contributed by atoms with E-state index < -0.39 is 5.60 Å². The van der Waals surface area contributed by atoms with Crippen molar-refractivity contribution in [3.63, 3.8) is 0 Å². The highest BCUT2D eigenvalue weighted by Gasteiger charge is 2.48. The minimum atomic E-state index is -0.984.